The van der Waals surface area contributed by atoms with Gasteiger partial charge in [0, 0.05) is 29.1 Å². The van der Waals surface area contributed by atoms with Crippen LogP contribution in [0.25, 0.3) is 0 Å². The number of halogens is 2. The van der Waals surface area contributed by atoms with E-state index in [1.165, 1.54) is 33.5 Å². The number of sulfonamides is 1. The summed E-state index contributed by atoms with van der Waals surface area (Å²) in [6, 6.07) is 4.76. The molecule has 1 saturated heterocycles. The van der Waals surface area contributed by atoms with Crippen molar-refractivity contribution >= 4 is 67.4 Å². The van der Waals surface area contributed by atoms with E-state index in [-0.39, 0.29) is 30.7 Å². The number of benzene rings is 1. The number of aromatic nitrogens is 2. The summed E-state index contributed by atoms with van der Waals surface area (Å²) in [5.74, 6) is -0.601. The lowest BCUT2D eigenvalue weighted by molar-refractivity contribution is -0.120. The molecule has 0 atom stereocenters. The Bertz CT molecular complexity index is 960. The molecule has 12 heteroatoms. The van der Waals surface area contributed by atoms with Gasteiger partial charge in [-0.05, 0) is 36.8 Å². The van der Waals surface area contributed by atoms with Crippen molar-refractivity contribution in [1.82, 2.24) is 14.5 Å². The largest absolute Gasteiger partial charge is 0.300 e. The number of hydrogen-bond acceptors (Lipinski definition) is 7. The molecule has 0 unspecified atom stereocenters. The second kappa shape index (κ2) is 9.27. The summed E-state index contributed by atoms with van der Waals surface area (Å²) in [5.41, 5.74) is 0.506. The molecule has 1 aliphatic heterocycles. The van der Waals surface area contributed by atoms with Gasteiger partial charge in [-0.25, -0.2) is 12.7 Å². The molecule has 0 aliphatic carbocycles. The highest BCUT2D eigenvalue weighted by atomic mass is 35.5. The lowest BCUT2D eigenvalue weighted by Gasteiger charge is -2.30. The summed E-state index contributed by atoms with van der Waals surface area (Å²) in [7, 11) is -3.53. The Kier molecular flexibility index (Phi) is 7.21. The highest BCUT2D eigenvalue weighted by Gasteiger charge is 2.32. The number of nitrogens with zero attached hydrogens (tertiary/aromatic N) is 3. The van der Waals surface area contributed by atoms with E-state index in [1.54, 1.807) is 12.1 Å². The Hall–Kier alpha value is -0.910. The SMILES string of the molecule is CSc1nnc(NC(=O)C2CCN(S(=O)(=O)Cc3ccc(Cl)cc3Cl)CC2)s1. The zero-order valence-corrected chi connectivity index (χ0v) is 18.9. The molecule has 2 aromatic rings. The van der Waals surface area contributed by atoms with E-state index in [2.05, 4.69) is 15.5 Å². The molecular formula is C16H18Cl2N4O3S3. The quantitative estimate of drug-likeness (QED) is 0.499. The molecule has 1 fully saturated rings. The molecule has 1 N–H and O–H groups in total. The van der Waals surface area contributed by atoms with Crippen molar-refractivity contribution in [3.05, 3.63) is 33.8 Å². The van der Waals surface area contributed by atoms with Crippen LogP contribution in [0.1, 0.15) is 18.4 Å². The van der Waals surface area contributed by atoms with Gasteiger partial charge in [0.1, 0.15) is 0 Å². The fourth-order valence-corrected chi connectivity index (χ4v) is 6.19. The maximum absolute atomic E-state index is 12.7. The molecule has 1 aromatic carbocycles. The molecule has 1 amide bonds. The summed E-state index contributed by atoms with van der Waals surface area (Å²) >= 11 is 14.7. The van der Waals surface area contributed by atoms with Crippen LogP contribution in [0.5, 0.6) is 0 Å². The summed E-state index contributed by atoms with van der Waals surface area (Å²) < 4.78 is 27.6. The Morgan fingerprint density at radius 3 is 2.64 bits per heavy atom. The standard InChI is InChI=1S/C16H18Cl2N4O3S3/c1-26-16-21-20-15(27-16)19-14(23)10-4-6-22(7-5-10)28(24,25)9-11-2-3-12(17)8-13(11)18/h2-3,8,10H,4-7,9H2,1H3,(H,19,20,23). The number of carbonyl (C=O) groups excluding carboxylic acids is 1. The maximum atomic E-state index is 12.7. The Balaban J connectivity index is 1.57. The van der Waals surface area contributed by atoms with Gasteiger partial charge in [0.15, 0.2) is 4.34 Å². The summed E-state index contributed by atoms with van der Waals surface area (Å²) in [4.78, 5) is 12.4. The van der Waals surface area contributed by atoms with Crippen LogP contribution in [0.15, 0.2) is 22.5 Å². The van der Waals surface area contributed by atoms with Crippen LogP contribution in [0.2, 0.25) is 10.0 Å². The first-order valence-corrected chi connectivity index (χ1v) is 12.8. The number of rotatable bonds is 6. The first-order valence-electron chi connectivity index (χ1n) is 8.38. The molecule has 152 valence electrons. The molecule has 2 heterocycles. The van der Waals surface area contributed by atoms with E-state index in [9.17, 15) is 13.2 Å². The van der Waals surface area contributed by atoms with Gasteiger partial charge in [0.25, 0.3) is 0 Å². The molecule has 0 saturated carbocycles. The Labute approximate surface area is 181 Å². The van der Waals surface area contributed by atoms with Crippen molar-refractivity contribution in [2.45, 2.75) is 22.9 Å². The molecule has 0 radical (unpaired) electrons. The van der Waals surface area contributed by atoms with Crippen LogP contribution >= 0.6 is 46.3 Å². The van der Waals surface area contributed by atoms with Gasteiger partial charge in [-0.3, -0.25) is 4.79 Å². The monoisotopic (exact) mass is 480 g/mol. The Morgan fingerprint density at radius 2 is 2.04 bits per heavy atom. The second-order valence-corrected chi connectivity index (χ2v) is 11.1. The van der Waals surface area contributed by atoms with E-state index in [1.807, 2.05) is 6.26 Å². The van der Waals surface area contributed by atoms with Gasteiger partial charge in [-0.2, -0.15) is 0 Å². The summed E-state index contributed by atoms with van der Waals surface area (Å²) in [6.45, 7) is 0.579. The highest BCUT2D eigenvalue weighted by molar-refractivity contribution is 8.00. The number of amides is 1. The number of anilines is 1. The third-order valence-electron chi connectivity index (χ3n) is 4.38. The van der Waals surface area contributed by atoms with Gasteiger partial charge in [0.2, 0.25) is 21.1 Å². The van der Waals surface area contributed by atoms with Gasteiger partial charge in [0.05, 0.1) is 5.75 Å². The van der Waals surface area contributed by atoms with E-state index in [4.69, 9.17) is 23.2 Å². The predicted molar refractivity (Wildman–Crippen MR) is 114 cm³/mol. The van der Waals surface area contributed by atoms with Crippen LogP contribution in [0.3, 0.4) is 0 Å². The van der Waals surface area contributed by atoms with Crippen LogP contribution in [-0.2, 0) is 20.6 Å². The first-order chi connectivity index (χ1) is 13.3. The van der Waals surface area contributed by atoms with Crippen molar-refractivity contribution in [3.63, 3.8) is 0 Å². The number of hydrogen-bond donors (Lipinski definition) is 1. The molecule has 1 aliphatic rings. The minimum Gasteiger partial charge on any atom is -0.300 e. The molecule has 3 rings (SSSR count). The minimum atomic E-state index is -3.53. The van der Waals surface area contributed by atoms with Crippen molar-refractivity contribution in [3.8, 4) is 0 Å². The lowest BCUT2D eigenvalue weighted by atomic mass is 9.97. The third kappa shape index (κ3) is 5.37. The van der Waals surface area contributed by atoms with Crippen molar-refractivity contribution in [2.75, 3.05) is 24.7 Å². The van der Waals surface area contributed by atoms with Crippen molar-refractivity contribution in [1.29, 1.82) is 0 Å². The average Bonchev–Trinajstić information content (AvgIpc) is 3.11. The lowest BCUT2D eigenvalue weighted by Crippen LogP contribution is -2.41. The van der Waals surface area contributed by atoms with Crippen LogP contribution < -0.4 is 5.32 Å². The van der Waals surface area contributed by atoms with Gasteiger partial charge in [-0.1, -0.05) is 52.4 Å². The molecule has 0 bridgehead atoms. The molecule has 1 aromatic heterocycles. The van der Waals surface area contributed by atoms with E-state index < -0.39 is 10.0 Å². The van der Waals surface area contributed by atoms with Gasteiger partial charge < -0.3 is 5.32 Å². The highest BCUT2D eigenvalue weighted by Crippen LogP contribution is 2.28. The van der Waals surface area contributed by atoms with E-state index >= 15 is 0 Å². The maximum Gasteiger partial charge on any atom is 0.229 e. The number of nitrogens with one attached hydrogen (secondary N) is 1. The average molecular weight is 481 g/mol. The van der Waals surface area contributed by atoms with Crippen LogP contribution in [0, 0.1) is 5.92 Å². The number of carbonyl (C=O) groups is 1. The zero-order chi connectivity index (χ0) is 20.3. The fourth-order valence-electron chi connectivity index (χ4n) is 2.87. The normalized spacial score (nSPS) is 16.2. The smallest absolute Gasteiger partial charge is 0.229 e. The van der Waals surface area contributed by atoms with Crippen molar-refractivity contribution in [2.24, 2.45) is 5.92 Å². The second-order valence-electron chi connectivity index (χ2n) is 6.23. The summed E-state index contributed by atoms with van der Waals surface area (Å²) in [6.07, 6.45) is 2.79. The molecule has 0 spiro atoms. The van der Waals surface area contributed by atoms with E-state index in [0.717, 1.165) is 4.34 Å². The van der Waals surface area contributed by atoms with Gasteiger partial charge in [-0.15, -0.1) is 10.2 Å². The molecular weight excluding hydrogens is 463 g/mol. The first kappa shape index (κ1) is 21.8. The predicted octanol–water partition coefficient (Wildman–Crippen LogP) is 3.75. The van der Waals surface area contributed by atoms with Crippen LogP contribution in [0.4, 0.5) is 5.13 Å². The van der Waals surface area contributed by atoms with Crippen molar-refractivity contribution < 1.29 is 13.2 Å². The van der Waals surface area contributed by atoms with E-state index in [0.29, 0.717) is 33.6 Å². The zero-order valence-electron chi connectivity index (χ0n) is 14.9. The molecule has 28 heavy (non-hydrogen) atoms. The van der Waals surface area contributed by atoms with Crippen LogP contribution in [-0.4, -0.2) is 48.2 Å². The number of thioether (sulfide) groups is 1. The molecule has 7 nitrogen and oxygen atoms in total. The fraction of sp³-hybridized carbons (Fsp3) is 0.438. The van der Waals surface area contributed by atoms with Gasteiger partial charge >= 0.3 is 0 Å². The number of piperidine rings is 1. The summed E-state index contributed by atoms with van der Waals surface area (Å²) in [5, 5.41) is 11.9. The third-order valence-corrected chi connectivity index (χ3v) is 8.61. The minimum absolute atomic E-state index is 0.151. The Morgan fingerprint density at radius 1 is 1.32 bits per heavy atom. The topological polar surface area (TPSA) is 92.3 Å².